The smallest absolute Gasteiger partial charge is 0.0467 e. The molecule has 1 aromatic carbocycles. The highest BCUT2D eigenvalue weighted by Crippen LogP contribution is 2.31. The van der Waals surface area contributed by atoms with Crippen LogP contribution in [0.3, 0.4) is 0 Å². The van der Waals surface area contributed by atoms with Crippen LogP contribution in [0, 0.1) is 6.92 Å². The van der Waals surface area contributed by atoms with Crippen LogP contribution in [0.25, 0.3) is 5.69 Å². The average Bonchev–Trinajstić information content (AvgIpc) is 2.78. The van der Waals surface area contributed by atoms with Gasteiger partial charge in [0.2, 0.25) is 0 Å². The Morgan fingerprint density at radius 3 is 2.94 bits per heavy atom. The van der Waals surface area contributed by atoms with Crippen LogP contribution in [0.2, 0.25) is 5.02 Å². The highest BCUT2D eigenvalue weighted by molar-refractivity contribution is 6.31. The minimum absolute atomic E-state index is 0.191. The maximum Gasteiger partial charge on any atom is 0.0467 e. The molecule has 1 unspecified atom stereocenters. The van der Waals surface area contributed by atoms with Crippen LogP contribution in [0.1, 0.15) is 35.7 Å². The first-order valence-electron chi connectivity index (χ1n) is 6.39. The molecule has 0 aliphatic heterocycles. The van der Waals surface area contributed by atoms with Crippen LogP contribution in [0.4, 0.5) is 0 Å². The number of rotatable bonds is 1. The van der Waals surface area contributed by atoms with Gasteiger partial charge in [-0.05, 0) is 55.5 Å². The van der Waals surface area contributed by atoms with Crippen molar-refractivity contribution in [1.29, 1.82) is 0 Å². The number of aromatic nitrogens is 1. The van der Waals surface area contributed by atoms with Crippen molar-refractivity contribution in [1.82, 2.24) is 4.57 Å². The zero-order chi connectivity index (χ0) is 12.7. The second-order valence-corrected chi connectivity index (χ2v) is 5.43. The van der Waals surface area contributed by atoms with Gasteiger partial charge in [-0.3, -0.25) is 0 Å². The maximum absolute atomic E-state index is 6.20. The summed E-state index contributed by atoms with van der Waals surface area (Å²) in [5.41, 5.74) is 11.0. The van der Waals surface area contributed by atoms with Gasteiger partial charge in [0.05, 0.1) is 0 Å². The van der Waals surface area contributed by atoms with Crippen molar-refractivity contribution in [2.45, 2.75) is 32.2 Å². The van der Waals surface area contributed by atoms with E-state index in [0.29, 0.717) is 0 Å². The predicted molar refractivity (Wildman–Crippen MR) is 75.4 cm³/mol. The molecule has 0 spiro atoms. The molecule has 94 valence electrons. The van der Waals surface area contributed by atoms with Gasteiger partial charge in [0.15, 0.2) is 0 Å². The zero-order valence-electron chi connectivity index (χ0n) is 10.5. The third-order valence-electron chi connectivity index (χ3n) is 3.79. The van der Waals surface area contributed by atoms with Gasteiger partial charge >= 0.3 is 0 Å². The summed E-state index contributed by atoms with van der Waals surface area (Å²) in [4.78, 5) is 0. The Bertz CT molecular complexity index is 586. The molecule has 0 radical (unpaired) electrons. The first-order chi connectivity index (χ1) is 8.66. The molecule has 0 saturated carbocycles. The standard InChI is InChI=1S/C15H17ClN2/c1-10-5-6-11(9-13(10)16)18-8-7-12-14(17)3-2-4-15(12)18/h5-9,14H,2-4,17H2,1H3. The summed E-state index contributed by atoms with van der Waals surface area (Å²) in [5, 5.41) is 0.815. The second kappa shape index (κ2) is 4.45. The van der Waals surface area contributed by atoms with E-state index in [-0.39, 0.29) is 6.04 Å². The van der Waals surface area contributed by atoms with E-state index in [1.807, 2.05) is 13.0 Å². The Morgan fingerprint density at radius 2 is 2.17 bits per heavy atom. The van der Waals surface area contributed by atoms with Gasteiger partial charge in [-0.2, -0.15) is 0 Å². The molecule has 0 fully saturated rings. The lowest BCUT2D eigenvalue weighted by atomic mass is 9.93. The predicted octanol–water partition coefficient (Wildman–Crippen LogP) is 3.78. The normalized spacial score (nSPS) is 18.7. The van der Waals surface area contributed by atoms with Crippen molar-refractivity contribution in [2.24, 2.45) is 5.73 Å². The lowest BCUT2D eigenvalue weighted by Gasteiger charge is -2.21. The molecule has 0 bridgehead atoms. The zero-order valence-corrected chi connectivity index (χ0v) is 11.2. The summed E-state index contributed by atoms with van der Waals surface area (Å²) in [7, 11) is 0. The number of fused-ring (bicyclic) bond motifs is 1. The van der Waals surface area contributed by atoms with Gasteiger partial charge in [-0.25, -0.2) is 0 Å². The van der Waals surface area contributed by atoms with Crippen molar-refractivity contribution in [3.8, 4) is 5.69 Å². The van der Waals surface area contributed by atoms with Gasteiger partial charge in [-0.15, -0.1) is 0 Å². The lowest BCUT2D eigenvalue weighted by Crippen LogP contribution is -2.17. The van der Waals surface area contributed by atoms with E-state index < -0.39 is 0 Å². The minimum atomic E-state index is 0.191. The number of halogens is 1. The largest absolute Gasteiger partial charge is 0.324 e. The van der Waals surface area contributed by atoms with E-state index in [2.05, 4.69) is 29.0 Å². The molecule has 3 rings (SSSR count). The number of benzene rings is 1. The molecule has 1 aromatic heterocycles. The van der Waals surface area contributed by atoms with Crippen molar-refractivity contribution in [3.05, 3.63) is 52.3 Å². The molecule has 0 saturated heterocycles. The summed E-state index contributed by atoms with van der Waals surface area (Å²) in [6.07, 6.45) is 5.46. The van der Waals surface area contributed by atoms with Crippen molar-refractivity contribution in [2.75, 3.05) is 0 Å². The van der Waals surface area contributed by atoms with E-state index in [0.717, 1.165) is 35.5 Å². The van der Waals surface area contributed by atoms with E-state index >= 15 is 0 Å². The summed E-state index contributed by atoms with van der Waals surface area (Å²) < 4.78 is 2.22. The number of nitrogens with zero attached hydrogens (tertiary/aromatic N) is 1. The molecule has 0 amide bonds. The van der Waals surface area contributed by atoms with Crippen LogP contribution >= 0.6 is 11.6 Å². The Balaban J connectivity index is 2.09. The van der Waals surface area contributed by atoms with Crippen LogP contribution < -0.4 is 5.73 Å². The third kappa shape index (κ3) is 1.86. The van der Waals surface area contributed by atoms with Crippen molar-refractivity contribution in [3.63, 3.8) is 0 Å². The molecule has 2 aromatic rings. The quantitative estimate of drug-likeness (QED) is 0.831. The van der Waals surface area contributed by atoms with Gasteiger partial charge in [-0.1, -0.05) is 17.7 Å². The number of nitrogens with two attached hydrogens (primary N) is 1. The number of hydrogen-bond acceptors (Lipinski definition) is 1. The molecular formula is C15H17ClN2. The van der Waals surface area contributed by atoms with E-state index in [1.165, 1.54) is 11.3 Å². The van der Waals surface area contributed by atoms with Crippen LogP contribution in [0.15, 0.2) is 30.5 Å². The molecule has 18 heavy (non-hydrogen) atoms. The number of aryl methyl sites for hydroxylation is 1. The Morgan fingerprint density at radius 1 is 1.33 bits per heavy atom. The molecule has 1 aliphatic carbocycles. The topological polar surface area (TPSA) is 30.9 Å². The minimum Gasteiger partial charge on any atom is -0.324 e. The molecule has 1 atom stereocenters. The maximum atomic E-state index is 6.20. The summed E-state index contributed by atoms with van der Waals surface area (Å²) in [5.74, 6) is 0. The fraction of sp³-hybridized carbons (Fsp3) is 0.333. The Labute approximate surface area is 112 Å². The Hall–Kier alpha value is -1.25. The molecule has 1 aliphatic rings. The summed E-state index contributed by atoms with van der Waals surface area (Å²) in [6.45, 7) is 2.02. The van der Waals surface area contributed by atoms with Crippen LogP contribution in [-0.2, 0) is 6.42 Å². The van der Waals surface area contributed by atoms with Crippen LogP contribution in [0.5, 0.6) is 0 Å². The van der Waals surface area contributed by atoms with E-state index in [1.54, 1.807) is 0 Å². The SMILES string of the molecule is Cc1ccc(-n2ccc3c2CCCC3N)cc1Cl. The first kappa shape index (κ1) is 11.8. The van der Waals surface area contributed by atoms with Gasteiger partial charge in [0.25, 0.3) is 0 Å². The summed E-state index contributed by atoms with van der Waals surface area (Å²) in [6, 6.07) is 8.54. The van der Waals surface area contributed by atoms with Gasteiger partial charge < -0.3 is 10.3 Å². The third-order valence-corrected chi connectivity index (χ3v) is 4.20. The Kier molecular flexibility index (Phi) is 2.92. The monoisotopic (exact) mass is 260 g/mol. The summed E-state index contributed by atoms with van der Waals surface area (Å²) >= 11 is 6.20. The second-order valence-electron chi connectivity index (χ2n) is 5.02. The van der Waals surface area contributed by atoms with E-state index in [4.69, 9.17) is 17.3 Å². The lowest BCUT2D eigenvalue weighted by molar-refractivity contribution is 0.560. The fourth-order valence-electron chi connectivity index (χ4n) is 2.70. The molecule has 1 heterocycles. The highest BCUT2D eigenvalue weighted by Gasteiger charge is 2.20. The molecular weight excluding hydrogens is 244 g/mol. The van der Waals surface area contributed by atoms with Gasteiger partial charge in [0, 0.05) is 28.6 Å². The highest BCUT2D eigenvalue weighted by atomic mass is 35.5. The average molecular weight is 261 g/mol. The van der Waals surface area contributed by atoms with Crippen molar-refractivity contribution >= 4 is 11.6 Å². The fourth-order valence-corrected chi connectivity index (χ4v) is 2.88. The molecule has 2 nitrogen and oxygen atoms in total. The first-order valence-corrected chi connectivity index (χ1v) is 6.77. The number of hydrogen-bond donors (Lipinski definition) is 1. The van der Waals surface area contributed by atoms with Crippen molar-refractivity contribution < 1.29 is 0 Å². The van der Waals surface area contributed by atoms with Gasteiger partial charge in [0.1, 0.15) is 0 Å². The van der Waals surface area contributed by atoms with Crippen LogP contribution in [-0.4, -0.2) is 4.57 Å². The molecule has 2 N–H and O–H groups in total. The molecule has 3 heteroatoms. The van der Waals surface area contributed by atoms with E-state index in [9.17, 15) is 0 Å².